The highest BCUT2D eigenvalue weighted by atomic mass is 16.6. The molecule has 1 unspecified atom stereocenters. The van der Waals surface area contributed by atoms with Crippen LogP contribution in [0.1, 0.15) is 213 Å². The monoisotopic (exact) mass is 1000 g/mol. The zero-order valence-electron chi connectivity index (χ0n) is 46.3. The Balaban J connectivity index is 4.62. The lowest BCUT2D eigenvalue weighted by Gasteiger charge is -2.18. The summed E-state index contributed by atoms with van der Waals surface area (Å²) in [5.74, 6) is -1.11. The summed E-state index contributed by atoms with van der Waals surface area (Å²) < 4.78 is 16.7. The fourth-order valence-electron chi connectivity index (χ4n) is 6.98. The number of allylic oxidation sites excluding steroid dienone is 28. The van der Waals surface area contributed by atoms with Crippen LogP contribution in [0, 0.1) is 0 Å². The van der Waals surface area contributed by atoms with Crippen LogP contribution in [-0.4, -0.2) is 37.2 Å². The first-order valence-corrected chi connectivity index (χ1v) is 28.6. The lowest BCUT2D eigenvalue weighted by molar-refractivity contribution is -0.166. The minimum atomic E-state index is -0.855. The predicted octanol–water partition coefficient (Wildman–Crippen LogP) is 19.5. The Labute approximate surface area is 447 Å². The summed E-state index contributed by atoms with van der Waals surface area (Å²) >= 11 is 0. The lowest BCUT2D eigenvalue weighted by atomic mass is 10.1. The molecule has 1 atom stereocenters. The molecule has 0 saturated heterocycles. The molecule has 0 N–H and O–H groups in total. The zero-order valence-corrected chi connectivity index (χ0v) is 46.3. The van der Waals surface area contributed by atoms with Crippen molar-refractivity contribution < 1.29 is 28.6 Å². The Bertz CT molecular complexity index is 1720. The van der Waals surface area contributed by atoms with Gasteiger partial charge in [0.15, 0.2) is 6.10 Å². The lowest BCUT2D eigenvalue weighted by Crippen LogP contribution is -2.30. The third-order valence-electron chi connectivity index (χ3n) is 11.2. The van der Waals surface area contributed by atoms with Crippen molar-refractivity contribution in [3.8, 4) is 0 Å². The number of hydrogen-bond donors (Lipinski definition) is 0. The van der Waals surface area contributed by atoms with Gasteiger partial charge in [-0.3, -0.25) is 14.4 Å². The molecule has 0 fully saturated rings. The van der Waals surface area contributed by atoms with E-state index in [1.54, 1.807) is 0 Å². The van der Waals surface area contributed by atoms with Crippen LogP contribution in [0.25, 0.3) is 0 Å². The number of hydrogen-bond acceptors (Lipinski definition) is 6. The molecule has 0 aliphatic carbocycles. The molecule has 0 amide bonds. The minimum absolute atomic E-state index is 0.139. The second-order valence-corrected chi connectivity index (χ2v) is 18.1. The van der Waals surface area contributed by atoms with Gasteiger partial charge in [-0.15, -0.1) is 0 Å². The van der Waals surface area contributed by atoms with Crippen LogP contribution in [0.2, 0.25) is 0 Å². The van der Waals surface area contributed by atoms with Gasteiger partial charge in [0.05, 0.1) is 0 Å². The van der Waals surface area contributed by atoms with Gasteiger partial charge in [-0.05, 0) is 135 Å². The predicted molar refractivity (Wildman–Crippen MR) is 315 cm³/mol. The summed E-state index contributed by atoms with van der Waals surface area (Å²) in [5.41, 5.74) is 0. The van der Waals surface area contributed by atoms with E-state index in [0.717, 1.165) is 122 Å². The Morgan fingerprint density at radius 2 is 0.575 bits per heavy atom. The van der Waals surface area contributed by atoms with Crippen LogP contribution >= 0.6 is 0 Å². The van der Waals surface area contributed by atoms with Crippen molar-refractivity contribution in [1.29, 1.82) is 0 Å². The minimum Gasteiger partial charge on any atom is -0.462 e. The first kappa shape index (κ1) is 67.8. The molecule has 0 aromatic heterocycles. The first-order valence-electron chi connectivity index (χ1n) is 28.6. The normalized spacial score (nSPS) is 13.4. The van der Waals surface area contributed by atoms with E-state index in [0.29, 0.717) is 19.3 Å². The standard InChI is InChI=1S/C67H102O6/c1-4-7-10-13-16-19-22-25-27-29-31-32-33-34-36-37-39-42-45-48-51-54-57-60-66(69)72-63-64(62-71-65(68)59-56-53-50-47-44-41-24-21-18-15-12-9-6-3)73-67(70)61-58-55-52-49-46-43-40-38-35-30-28-26-23-20-17-14-11-8-5-2/h7-8,10-11,16-17,19-21,24-28,31-32,34-36,38-39,42-43,46,48,51-52,55,64H,4-6,9,12-15,18,22-23,29-30,33,37,40-41,44-45,47,49-50,53-54,56-63H2,1-3H3/b10-7-,11-8-,19-16-,20-17-,24-21-,27-25-,28-26-,32-31-,36-34-,38-35-,42-39-,46-43-,51-48-,55-52-. The molecule has 406 valence electrons. The molecule has 0 spiro atoms. The first-order chi connectivity index (χ1) is 36.0. The molecule has 73 heavy (non-hydrogen) atoms. The van der Waals surface area contributed by atoms with Gasteiger partial charge in [-0.1, -0.05) is 229 Å². The van der Waals surface area contributed by atoms with Crippen molar-refractivity contribution in [2.45, 2.75) is 219 Å². The highest BCUT2D eigenvalue weighted by Crippen LogP contribution is 2.11. The second kappa shape index (κ2) is 59.3. The number of unbranched alkanes of at least 4 members (excludes halogenated alkanes) is 10. The van der Waals surface area contributed by atoms with E-state index in [4.69, 9.17) is 14.2 Å². The molecule has 0 aliphatic rings. The van der Waals surface area contributed by atoms with Crippen LogP contribution in [-0.2, 0) is 28.6 Å². The van der Waals surface area contributed by atoms with E-state index in [2.05, 4.69) is 179 Å². The number of ether oxygens (including phenoxy) is 3. The molecule has 0 bridgehead atoms. The molecule has 0 radical (unpaired) electrons. The van der Waals surface area contributed by atoms with Crippen molar-refractivity contribution >= 4 is 17.9 Å². The van der Waals surface area contributed by atoms with Crippen molar-refractivity contribution in [2.24, 2.45) is 0 Å². The van der Waals surface area contributed by atoms with Gasteiger partial charge in [0.1, 0.15) is 13.2 Å². The van der Waals surface area contributed by atoms with Crippen LogP contribution in [0.4, 0.5) is 0 Å². The number of carbonyl (C=O) groups excluding carboxylic acids is 3. The molecular weight excluding hydrogens is 901 g/mol. The van der Waals surface area contributed by atoms with Gasteiger partial charge in [0.2, 0.25) is 0 Å². The van der Waals surface area contributed by atoms with E-state index in [9.17, 15) is 14.4 Å². The van der Waals surface area contributed by atoms with Crippen LogP contribution in [0.15, 0.2) is 170 Å². The maximum absolute atomic E-state index is 12.8. The summed E-state index contributed by atoms with van der Waals surface area (Å²) in [4.78, 5) is 38.1. The van der Waals surface area contributed by atoms with Crippen molar-refractivity contribution in [2.75, 3.05) is 13.2 Å². The summed E-state index contributed by atoms with van der Waals surface area (Å²) in [7, 11) is 0. The molecule has 0 heterocycles. The van der Waals surface area contributed by atoms with Gasteiger partial charge in [0, 0.05) is 19.3 Å². The second-order valence-electron chi connectivity index (χ2n) is 18.1. The maximum atomic E-state index is 12.8. The summed E-state index contributed by atoms with van der Waals surface area (Å²) in [6.07, 6.45) is 87.9. The average Bonchev–Trinajstić information content (AvgIpc) is 3.39. The van der Waals surface area contributed by atoms with E-state index >= 15 is 0 Å². The third-order valence-corrected chi connectivity index (χ3v) is 11.2. The van der Waals surface area contributed by atoms with Gasteiger partial charge in [-0.25, -0.2) is 0 Å². The van der Waals surface area contributed by atoms with Crippen molar-refractivity contribution in [1.82, 2.24) is 0 Å². The van der Waals surface area contributed by atoms with Crippen molar-refractivity contribution in [3.05, 3.63) is 170 Å². The SMILES string of the molecule is CC/C=C\C/C=C\C/C=C\C/C=C\C/C=C\C/C=C\C/C=C\CCCC(=O)OCC(COC(=O)CCCCCCC/C=C\CCCCCC)OC(=O)CC/C=C\C/C=C\C/C=C\C/C=C\C/C=C\C/C=C\CC. The molecule has 0 aromatic carbocycles. The van der Waals surface area contributed by atoms with Crippen LogP contribution < -0.4 is 0 Å². The Morgan fingerprint density at radius 3 is 0.959 bits per heavy atom. The Hall–Kier alpha value is -5.23. The summed E-state index contributed by atoms with van der Waals surface area (Å²) in [6.45, 7) is 6.25. The number of carbonyl (C=O) groups is 3. The molecule has 0 aromatic rings. The molecule has 0 rings (SSSR count). The molecule has 6 heteroatoms. The van der Waals surface area contributed by atoms with Crippen molar-refractivity contribution in [3.63, 3.8) is 0 Å². The van der Waals surface area contributed by atoms with Gasteiger partial charge in [-0.2, -0.15) is 0 Å². The molecule has 0 saturated carbocycles. The van der Waals surface area contributed by atoms with Crippen LogP contribution in [0.3, 0.4) is 0 Å². The fraction of sp³-hybridized carbons (Fsp3) is 0.537. The molecule has 6 nitrogen and oxygen atoms in total. The highest BCUT2D eigenvalue weighted by molar-refractivity contribution is 5.71. The quantitative estimate of drug-likeness (QED) is 0.0261. The van der Waals surface area contributed by atoms with Gasteiger partial charge in [0.25, 0.3) is 0 Å². The number of rotatable bonds is 49. The van der Waals surface area contributed by atoms with Crippen LogP contribution in [0.5, 0.6) is 0 Å². The molecule has 0 aliphatic heterocycles. The fourth-order valence-corrected chi connectivity index (χ4v) is 6.98. The molecular formula is C67H102O6. The Kier molecular flexibility index (Phi) is 55.1. The largest absolute Gasteiger partial charge is 0.462 e. The third kappa shape index (κ3) is 57.5. The van der Waals surface area contributed by atoms with E-state index in [1.807, 2.05) is 12.2 Å². The highest BCUT2D eigenvalue weighted by Gasteiger charge is 2.19. The Morgan fingerprint density at radius 1 is 0.288 bits per heavy atom. The smallest absolute Gasteiger partial charge is 0.306 e. The average molecular weight is 1000 g/mol. The van der Waals surface area contributed by atoms with Gasteiger partial charge >= 0.3 is 17.9 Å². The topological polar surface area (TPSA) is 78.9 Å². The zero-order chi connectivity index (χ0) is 52.9. The number of esters is 3. The van der Waals surface area contributed by atoms with E-state index < -0.39 is 12.1 Å². The van der Waals surface area contributed by atoms with E-state index in [-0.39, 0.29) is 38.0 Å². The van der Waals surface area contributed by atoms with E-state index in [1.165, 1.54) is 38.5 Å². The maximum Gasteiger partial charge on any atom is 0.306 e. The summed E-state index contributed by atoms with van der Waals surface area (Å²) in [5, 5.41) is 0. The summed E-state index contributed by atoms with van der Waals surface area (Å²) in [6, 6.07) is 0. The van der Waals surface area contributed by atoms with Gasteiger partial charge < -0.3 is 14.2 Å².